The number of amides is 1. The number of ether oxygens (including phenoxy) is 1. The predicted octanol–water partition coefficient (Wildman–Crippen LogP) is 4.96. The summed E-state index contributed by atoms with van der Waals surface area (Å²) in [5.41, 5.74) is 9.17. The summed E-state index contributed by atoms with van der Waals surface area (Å²) in [6.45, 7) is 2.28. The number of hydrogen-bond donors (Lipinski definition) is 1. The molecule has 5 rings (SSSR count). The van der Waals surface area contributed by atoms with Crippen molar-refractivity contribution in [1.29, 1.82) is 0 Å². The minimum absolute atomic E-state index is 0.135. The molecule has 0 fully saturated rings. The van der Waals surface area contributed by atoms with E-state index in [0.29, 0.717) is 29.5 Å². The molecule has 0 aliphatic carbocycles. The van der Waals surface area contributed by atoms with Crippen molar-refractivity contribution in [2.45, 2.75) is 19.9 Å². The number of methoxy groups -OCH3 is 1. The number of fused-ring (bicyclic) bond motifs is 2. The first-order chi connectivity index (χ1) is 16.8. The number of carbonyl (C=O) groups excluding carboxylic acids is 1. The third kappa shape index (κ3) is 4.33. The van der Waals surface area contributed by atoms with E-state index in [9.17, 15) is 9.59 Å². The van der Waals surface area contributed by atoms with Gasteiger partial charge in [-0.1, -0.05) is 40.2 Å². The van der Waals surface area contributed by atoms with Crippen molar-refractivity contribution in [3.05, 3.63) is 104 Å². The monoisotopic (exact) mass is 531 g/mol. The Morgan fingerprint density at radius 1 is 1.11 bits per heavy atom. The predicted molar refractivity (Wildman–Crippen MR) is 138 cm³/mol. The van der Waals surface area contributed by atoms with Crippen molar-refractivity contribution in [3.8, 4) is 5.75 Å². The van der Waals surface area contributed by atoms with Crippen LogP contribution in [0.15, 0.2) is 74.3 Å². The minimum atomic E-state index is -0.807. The lowest BCUT2D eigenvalue weighted by Gasteiger charge is -2.11. The molecule has 0 bridgehead atoms. The maximum absolute atomic E-state index is 12.4. The van der Waals surface area contributed by atoms with Gasteiger partial charge in [0.25, 0.3) is 5.91 Å². The number of benzene rings is 3. The number of aryl methyl sites for hydroxylation is 1. The van der Waals surface area contributed by atoms with Crippen molar-refractivity contribution < 1.29 is 13.9 Å². The number of imidazole rings is 1. The first kappa shape index (κ1) is 22.9. The van der Waals surface area contributed by atoms with Crippen molar-refractivity contribution in [1.82, 2.24) is 9.55 Å². The zero-order valence-electron chi connectivity index (χ0n) is 19.2. The van der Waals surface area contributed by atoms with Crippen molar-refractivity contribution in [2.75, 3.05) is 7.11 Å². The molecule has 1 amide bonds. The molecular formula is C27H22BrN3O4. The molecule has 7 nitrogen and oxygen atoms in total. The van der Waals surface area contributed by atoms with Crippen LogP contribution in [0.4, 0.5) is 0 Å². The Balaban J connectivity index is 1.71. The van der Waals surface area contributed by atoms with Crippen LogP contribution in [0.2, 0.25) is 0 Å². The van der Waals surface area contributed by atoms with E-state index in [1.165, 1.54) is 0 Å². The normalized spacial score (nSPS) is 11.3. The maximum atomic E-state index is 12.4. The Bertz CT molecular complexity index is 1650. The molecule has 8 heteroatoms. The fourth-order valence-electron chi connectivity index (χ4n) is 4.36. The molecule has 0 saturated carbocycles. The Hall–Kier alpha value is -3.91. The van der Waals surface area contributed by atoms with E-state index in [2.05, 4.69) is 32.6 Å². The zero-order chi connectivity index (χ0) is 24.7. The molecule has 35 heavy (non-hydrogen) atoms. The smallest absolute Gasteiger partial charge is 0.349 e. The Kier molecular flexibility index (Phi) is 5.90. The van der Waals surface area contributed by atoms with Gasteiger partial charge in [0.1, 0.15) is 22.7 Å². The molecule has 0 aliphatic heterocycles. The largest absolute Gasteiger partial charge is 0.497 e. The van der Waals surface area contributed by atoms with Gasteiger partial charge in [0.05, 0.1) is 18.1 Å². The number of primary amides is 1. The van der Waals surface area contributed by atoms with Crippen LogP contribution in [0.5, 0.6) is 5.75 Å². The average Bonchev–Trinajstić information content (AvgIpc) is 3.14. The molecule has 0 saturated heterocycles. The molecule has 2 aromatic heterocycles. The SMILES string of the molecule is COc1ccc(Cc2nc3cc4c(C)c(C(N)=O)c(=O)oc4cc3n2Cc2cccc(Br)c2)cc1. The van der Waals surface area contributed by atoms with Gasteiger partial charge < -0.3 is 19.5 Å². The van der Waals surface area contributed by atoms with E-state index in [1.54, 1.807) is 14.0 Å². The lowest BCUT2D eigenvalue weighted by atomic mass is 10.1. The Labute approximate surface area is 209 Å². The molecule has 2 N–H and O–H groups in total. The summed E-state index contributed by atoms with van der Waals surface area (Å²) in [7, 11) is 1.64. The summed E-state index contributed by atoms with van der Waals surface area (Å²) in [6.07, 6.45) is 0.596. The van der Waals surface area contributed by atoms with Crippen LogP contribution in [0.25, 0.3) is 22.0 Å². The fraction of sp³-hybridized carbons (Fsp3) is 0.148. The molecule has 0 aliphatic rings. The average molecular weight is 532 g/mol. The summed E-state index contributed by atoms with van der Waals surface area (Å²) in [5.74, 6) is 0.840. The fourth-order valence-corrected chi connectivity index (χ4v) is 4.81. The number of nitrogens with zero attached hydrogens (tertiary/aromatic N) is 2. The summed E-state index contributed by atoms with van der Waals surface area (Å²) in [5, 5.41) is 0.633. The maximum Gasteiger partial charge on any atom is 0.349 e. The summed E-state index contributed by atoms with van der Waals surface area (Å²) in [4.78, 5) is 29.2. The van der Waals surface area contributed by atoms with Crippen molar-refractivity contribution in [2.24, 2.45) is 5.73 Å². The summed E-state index contributed by atoms with van der Waals surface area (Å²) >= 11 is 3.54. The lowest BCUT2D eigenvalue weighted by molar-refractivity contribution is 0.0996. The van der Waals surface area contributed by atoms with Gasteiger partial charge in [-0.3, -0.25) is 4.79 Å². The van der Waals surface area contributed by atoms with Gasteiger partial charge in [0.2, 0.25) is 0 Å². The number of halogens is 1. The number of hydrogen-bond acceptors (Lipinski definition) is 5. The van der Waals surface area contributed by atoms with Crippen LogP contribution in [0, 0.1) is 6.92 Å². The highest BCUT2D eigenvalue weighted by molar-refractivity contribution is 9.10. The van der Waals surface area contributed by atoms with E-state index in [-0.39, 0.29) is 5.56 Å². The molecule has 176 valence electrons. The van der Waals surface area contributed by atoms with Crippen LogP contribution < -0.4 is 16.1 Å². The van der Waals surface area contributed by atoms with Crippen LogP contribution >= 0.6 is 15.9 Å². The van der Waals surface area contributed by atoms with Gasteiger partial charge in [-0.05, 0) is 53.9 Å². The number of carbonyl (C=O) groups is 1. The molecule has 5 aromatic rings. The molecule has 0 atom stereocenters. The van der Waals surface area contributed by atoms with Crippen LogP contribution in [0.1, 0.15) is 32.9 Å². The van der Waals surface area contributed by atoms with E-state index >= 15 is 0 Å². The summed E-state index contributed by atoms with van der Waals surface area (Å²) in [6, 6.07) is 19.6. The molecule has 2 heterocycles. The topological polar surface area (TPSA) is 100 Å². The second-order valence-corrected chi connectivity index (χ2v) is 9.28. The van der Waals surface area contributed by atoms with E-state index in [4.69, 9.17) is 19.9 Å². The van der Waals surface area contributed by atoms with Gasteiger partial charge in [-0.25, -0.2) is 9.78 Å². The third-order valence-electron chi connectivity index (χ3n) is 6.11. The zero-order valence-corrected chi connectivity index (χ0v) is 20.8. The van der Waals surface area contributed by atoms with E-state index in [1.807, 2.05) is 48.5 Å². The van der Waals surface area contributed by atoms with Crippen LogP contribution in [0.3, 0.4) is 0 Å². The van der Waals surface area contributed by atoms with Crippen LogP contribution in [-0.4, -0.2) is 22.6 Å². The minimum Gasteiger partial charge on any atom is -0.497 e. The number of nitrogens with two attached hydrogens (primary N) is 1. The van der Waals surface area contributed by atoms with E-state index in [0.717, 1.165) is 38.2 Å². The third-order valence-corrected chi connectivity index (χ3v) is 6.61. The van der Waals surface area contributed by atoms with Gasteiger partial charge in [-0.15, -0.1) is 0 Å². The summed E-state index contributed by atoms with van der Waals surface area (Å²) < 4.78 is 13.9. The highest BCUT2D eigenvalue weighted by atomic mass is 79.9. The van der Waals surface area contributed by atoms with Gasteiger partial charge in [0, 0.05) is 28.9 Å². The molecule has 0 unspecified atom stereocenters. The van der Waals surface area contributed by atoms with Gasteiger partial charge >= 0.3 is 5.63 Å². The Morgan fingerprint density at radius 3 is 2.57 bits per heavy atom. The highest BCUT2D eigenvalue weighted by Gasteiger charge is 2.19. The van der Waals surface area contributed by atoms with Crippen LogP contribution in [-0.2, 0) is 13.0 Å². The number of rotatable bonds is 6. The quantitative estimate of drug-likeness (QED) is 0.312. The molecule has 3 aromatic carbocycles. The molecular weight excluding hydrogens is 510 g/mol. The standard InChI is InChI=1S/C27H22BrN3O4/c1-15-20-12-21-22(13-23(20)35-27(33)25(15)26(29)32)31(14-17-4-3-5-18(28)10-17)24(30-21)11-16-6-8-19(34-2)9-7-16/h3-10,12-13H,11,14H2,1-2H3,(H2,29,32). The molecule has 0 spiro atoms. The van der Waals surface area contributed by atoms with Gasteiger partial charge in [0.15, 0.2) is 0 Å². The first-order valence-corrected chi connectivity index (χ1v) is 11.8. The second kappa shape index (κ2) is 9.03. The second-order valence-electron chi connectivity index (χ2n) is 8.36. The first-order valence-electron chi connectivity index (χ1n) is 11.0. The Morgan fingerprint density at radius 2 is 1.89 bits per heavy atom. The highest BCUT2D eigenvalue weighted by Crippen LogP contribution is 2.28. The lowest BCUT2D eigenvalue weighted by Crippen LogP contribution is -2.22. The number of aromatic nitrogens is 2. The van der Waals surface area contributed by atoms with E-state index < -0.39 is 11.5 Å². The van der Waals surface area contributed by atoms with Crippen molar-refractivity contribution >= 4 is 43.8 Å². The van der Waals surface area contributed by atoms with Crippen molar-refractivity contribution in [3.63, 3.8) is 0 Å². The van der Waals surface area contributed by atoms with Gasteiger partial charge in [-0.2, -0.15) is 0 Å². The molecule has 0 radical (unpaired) electrons.